The number of halogens is 1. The van der Waals surface area contributed by atoms with Crippen molar-refractivity contribution in [2.75, 3.05) is 16.0 Å². The zero-order chi connectivity index (χ0) is 18.5. The minimum atomic E-state index is -0.423. The highest BCUT2D eigenvalue weighted by Crippen LogP contribution is 2.19. The molecule has 2 aromatic carbocycles. The smallest absolute Gasteiger partial charge is 0.321 e. The fourth-order valence-electron chi connectivity index (χ4n) is 2.06. The quantitative estimate of drug-likeness (QED) is 0.589. The number of aryl methyl sites for hydroxylation is 1. The van der Waals surface area contributed by atoms with E-state index in [4.69, 9.17) is 11.6 Å². The third kappa shape index (κ3) is 4.81. The first-order valence-electron chi connectivity index (χ1n) is 7.67. The number of nitrogens with one attached hydrogen (secondary N) is 3. The zero-order valence-electron chi connectivity index (χ0n) is 13.7. The number of nitrogens with zero attached hydrogens (tertiary/aromatic N) is 1. The van der Waals surface area contributed by atoms with Crippen LogP contribution in [0.5, 0.6) is 0 Å². The van der Waals surface area contributed by atoms with Crippen molar-refractivity contribution in [3.8, 4) is 0 Å². The van der Waals surface area contributed by atoms with Gasteiger partial charge >= 0.3 is 6.03 Å². The van der Waals surface area contributed by atoms with Gasteiger partial charge in [0.05, 0.1) is 0 Å². The van der Waals surface area contributed by atoms with Crippen LogP contribution in [0.4, 0.5) is 21.3 Å². The Hall–Kier alpha value is -2.90. The van der Waals surface area contributed by atoms with Crippen LogP contribution in [0.1, 0.15) is 16.1 Å². The number of aromatic nitrogens is 1. The molecule has 0 spiro atoms. The van der Waals surface area contributed by atoms with Gasteiger partial charge in [0.15, 0.2) is 5.13 Å². The molecule has 0 saturated heterocycles. The summed E-state index contributed by atoms with van der Waals surface area (Å²) >= 11 is 6.98. The van der Waals surface area contributed by atoms with Crippen LogP contribution < -0.4 is 16.0 Å². The summed E-state index contributed by atoms with van der Waals surface area (Å²) in [7, 11) is 0. The standard InChI is InChI=1S/C18H15ClN4O2S/c1-11-2-6-14(7-3-11)21-17(25)23-18-22-15(10-26-18)16(24)20-13-8-4-12(19)5-9-13/h2-10H,1H3,(H,20,24)(H2,21,22,23,25). The maximum atomic E-state index is 12.2. The summed E-state index contributed by atoms with van der Waals surface area (Å²) in [5.41, 5.74) is 2.60. The predicted octanol–water partition coefficient (Wildman–Crippen LogP) is 5.00. The second kappa shape index (κ2) is 7.99. The summed E-state index contributed by atoms with van der Waals surface area (Å²) < 4.78 is 0. The molecule has 0 fully saturated rings. The van der Waals surface area contributed by atoms with Gasteiger partial charge in [-0.25, -0.2) is 9.78 Å². The number of hydrogen-bond acceptors (Lipinski definition) is 4. The Balaban J connectivity index is 1.58. The number of anilines is 3. The summed E-state index contributed by atoms with van der Waals surface area (Å²) in [6.07, 6.45) is 0. The number of benzene rings is 2. The highest BCUT2D eigenvalue weighted by molar-refractivity contribution is 7.14. The predicted molar refractivity (Wildman–Crippen MR) is 105 cm³/mol. The van der Waals surface area contributed by atoms with Gasteiger partial charge in [0.25, 0.3) is 5.91 Å². The topological polar surface area (TPSA) is 83.1 Å². The molecule has 1 aromatic heterocycles. The van der Waals surface area contributed by atoms with Crippen LogP contribution in [-0.2, 0) is 0 Å². The molecule has 1 heterocycles. The Morgan fingerprint density at radius 3 is 2.23 bits per heavy atom. The summed E-state index contributed by atoms with van der Waals surface area (Å²) in [4.78, 5) is 28.3. The molecular formula is C18H15ClN4O2S. The van der Waals surface area contributed by atoms with Crippen LogP contribution in [-0.4, -0.2) is 16.9 Å². The zero-order valence-corrected chi connectivity index (χ0v) is 15.3. The van der Waals surface area contributed by atoms with Gasteiger partial charge in [-0.05, 0) is 43.3 Å². The molecule has 26 heavy (non-hydrogen) atoms. The average molecular weight is 387 g/mol. The molecule has 3 N–H and O–H groups in total. The van der Waals surface area contributed by atoms with Gasteiger partial charge < -0.3 is 10.6 Å². The maximum absolute atomic E-state index is 12.2. The van der Waals surface area contributed by atoms with Crippen molar-refractivity contribution in [3.05, 3.63) is 70.2 Å². The van der Waals surface area contributed by atoms with Gasteiger partial charge in [-0.2, -0.15) is 0 Å². The monoisotopic (exact) mass is 386 g/mol. The van der Waals surface area contributed by atoms with Crippen LogP contribution in [0.2, 0.25) is 5.02 Å². The second-order valence-corrected chi connectivity index (χ2v) is 6.74. The molecule has 0 aliphatic rings. The molecular weight excluding hydrogens is 372 g/mol. The molecule has 3 aromatic rings. The Labute approximate surface area is 159 Å². The third-order valence-corrected chi connectivity index (χ3v) is 4.38. The van der Waals surface area contributed by atoms with Gasteiger partial charge in [0.1, 0.15) is 5.69 Å². The van der Waals surface area contributed by atoms with Crippen LogP contribution in [0.3, 0.4) is 0 Å². The number of thiazole rings is 1. The first-order chi connectivity index (χ1) is 12.5. The molecule has 3 amide bonds. The van der Waals surface area contributed by atoms with E-state index in [0.717, 1.165) is 5.56 Å². The van der Waals surface area contributed by atoms with E-state index in [1.54, 1.807) is 29.6 Å². The Kier molecular flexibility index (Phi) is 5.50. The van der Waals surface area contributed by atoms with Crippen LogP contribution in [0, 0.1) is 6.92 Å². The van der Waals surface area contributed by atoms with Crippen LogP contribution in [0.25, 0.3) is 0 Å². The van der Waals surface area contributed by atoms with E-state index in [-0.39, 0.29) is 11.6 Å². The normalized spacial score (nSPS) is 10.2. The molecule has 0 atom stereocenters. The molecule has 0 unspecified atom stereocenters. The van der Waals surface area contributed by atoms with Crippen molar-refractivity contribution in [2.45, 2.75) is 6.92 Å². The minimum Gasteiger partial charge on any atom is -0.321 e. The highest BCUT2D eigenvalue weighted by atomic mass is 35.5. The molecule has 0 bridgehead atoms. The molecule has 6 nitrogen and oxygen atoms in total. The Morgan fingerprint density at radius 2 is 1.54 bits per heavy atom. The van der Waals surface area contributed by atoms with E-state index in [1.807, 2.05) is 31.2 Å². The van der Waals surface area contributed by atoms with Crippen molar-refractivity contribution < 1.29 is 9.59 Å². The third-order valence-electron chi connectivity index (χ3n) is 3.37. The molecule has 0 saturated carbocycles. The fraction of sp³-hybridized carbons (Fsp3) is 0.0556. The number of amides is 3. The lowest BCUT2D eigenvalue weighted by Gasteiger charge is -2.05. The fourth-order valence-corrected chi connectivity index (χ4v) is 2.87. The van der Waals surface area contributed by atoms with Gasteiger partial charge in [-0.3, -0.25) is 10.1 Å². The van der Waals surface area contributed by atoms with Gasteiger partial charge in [-0.15, -0.1) is 11.3 Å². The first-order valence-corrected chi connectivity index (χ1v) is 8.92. The molecule has 0 radical (unpaired) electrons. The highest BCUT2D eigenvalue weighted by Gasteiger charge is 2.13. The lowest BCUT2D eigenvalue weighted by molar-refractivity contribution is 0.102. The van der Waals surface area contributed by atoms with Crippen molar-refractivity contribution >= 4 is 51.4 Å². The van der Waals surface area contributed by atoms with Crippen molar-refractivity contribution in [3.63, 3.8) is 0 Å². The molecule has 0 aliphatic carbocycles. The largest absolute Gasteiger partial charge is 0.325 e. The number of carbonyl (C=O) groups is 2. The van der Waals surface area contributed by atoms with E-state index in [2.05, 4.69) is 20.9 Å². The van der Waals surface area contributed by atoms with E-state index in [9.17, 15) is 9.59 Å². The van der Waals surface area contributed by atoms with Crippen molar-refractivity contribution in [1.29, 1.82) is 0 Å². The Morgan fingerprint density at radius 1 is 0.923 bits per heavy atom. The summed E-state index contributed by atoms with van der Waals surface area (Å²) in [5.74, 6) is -0.365. The van der Waals surface area contributed by atoms with Crippen LogP contribution >= 0.6 is 22.9 Å². The molecule has 3 rings (SSSR count). The SMILES string of the molecule is Cc1ccc(NC(=O)Nc2nc(C(=O)Nc3ccc(Cl)cc3)cs2)cc1. The minimum absolute atomic E-state index is 0.218. The summed E-state index contributed by atoms with van der Waals surface area (Å²) in [6, 6.07) is 13.7. The molecule has 8 heteroatoms. The maximum Gasteiger partial charge on any atom is 0.325 e. The number of rotatable bonds is 4. The first kappa shape index (κ1) is 17.9. The molecule has 132 valence electrons. The van der Waals surface area contributed by atoms with Gasteiger partial charge in [0.2, 0.25) is 0 Å². The van der Waals surface area contributed by atoms with E-state index in [0.29, 0.717) is 21.5 Å². The number of urea groups is 1. The number of hydrogen-bond donors (Lipinski definition) is 3. The lowest BCUT2D eigenvalue weighted by atomic mass is 10.2. The second-order valence-electron chi connectivity index (χ2n) is 5.44. The van der Waals surface area contributed by atoms with E-state index in [1.165, 1.54) is 11.3 Å². The van der Waals surface area contributed by atoms with Gasteiger partial charge in [-0.1, -0.05) is 29.3 Å². The van der Waals surface area contributed by atoms with Crippen molar-refractivity contribution in [1.82, 2.24) is 4.98 Å². The van der Waals surface area contributed by atoms with Crippen LogP contribution in [0.15, 0.2) is 53.9 Å². The van der Waals surface area contributed by atoms with E-state index < -0.39 is 6.03 Å². The summed E-state index contributed by atoms with van der Waals surface area (Å²) in [6.45, 7) is 1.97. The summed E-state index contributed by atoms with van der Waals surface area (Å²) in [5, 5.41) is 10.5. The lowest BCUT2D eigenvalue weighted by Crippen LogP contribution is -2.19. The van der Waals surface area contributed by atoms with E-state index >= 15 is 0 Å². The Bertz CT molecular complexity index is 923. The number of carbonyl (C=O) groups excluding carboxylic acids is 2. The van der Waals surface area contributed by atoms with Gasteiger partial charge in [0, 0.05) is 21.8 Å². The van der Waals surface area contributed by atoms with Crippen molar-refractivity contribution in [2.24, 2.45) is 0 Å². The molecule has 0 aliphatic heterocycles. The average Bonchev–Trinajstić information content (AvgIpc) is 3.07.